The summed E-state index contributed by atoms with van der Waals surface area (Å²) >= 11 is 7.49. The molecule has 1 saturated heterocycles. The fourth-order valence-corrected chi connectivity index (χ4v) is 3.78. The number of alkyl halides is 1. The Balaban J connectivity index is 1.75. The Hall–Kier alpha value is -0.900. The third-order valence-electron chi connectivity index (χ3n) is 3.78. The van der Waals surface area contributed by atoms with Gasteiger partial charge in [0.1, 0.15) is 5.01 Å². The molecule has 1 aliphatic rings. The van der Waals surface area contributed by atoms with Crippen LogP contribution in [-0.4, -0.2) is 23.0 Å². The van der Waals surface area contributed by atoms with Gasteiger partial charge in [-0.25, -0.2) is 4.98 Å². The average molecular weight is 307 g/mol. The maximum Gasteiger partial charge on any atom is 0.123 e. The molecule has 0 N–H and O–H groups in total. The maximum atomic E-state index is 5.82. The molecule has 106 valence electrons. The molecular formula is C16H19ClN2S. The van der Waals surface area contributed by atoms with Gasteiger partial charge in [-0.15, -0.1) is 22.9 Å². The van der Waals surface area contributed by atoms with Crippen molar-refractivity contribution in [2.24, 2.45) is 5.92 Å². The monoisotopic (exact) mass is 306 g/mol. The van der Waals surface area contributed by atoms with Gasteiger partial charge in [0.15, 0.2) is 0 Å². The van der Waals surface area contributed by atoms with Crippen LogP contribution in [0.2, 0.25) is 0 Å². The number of likely N-dealkylation sites (tertiary alicyclic amines) is 1. The Kier molecular flexibility index (Phi) is 4.39. The minimum Gasteiger partial charge on any atom is -0.299 e. The third kappa shape index (κ3) is 3.22. The number of benzene rings is 1. The highest BCUT2D eigenvalue weighted by atomic mass is 35.5. The first-order chi connectivity index (χ1) is 9.74. The zero-order valence-electron chi connectivity index (χ0n) is 11.7. The van der Waals surface area contributed by atoms with Crippen molar-refractivity contribution in [3.8, 4) is 10.6 Å². The molecule has 0 amide bonds. The summed E-state index contributed by atoms with van der Waals surface area (Å²) < 4.78 is 0. The van der Waals surface area contributed by atoms with Crippen molar-refractivity contribution < 1.29 is 0 Å². The minimum absolute atomic E-state index is 0.488. The number of halogens is 1. The Labute approximate surface area is 129 Å². The van der Waals surface area contributed by atoms with E-state index in [1.165, 1.54) is 30.6 Å². The van der Waals surface area contributed by atoms with E-state index in [1.807, 2.05) is 5.38 Å². The van der Waals surface area contributed by atoms with Crippen LogP contribution in [0.4, 0.5) is 0 Å². The molecule has 1 aromatic carbocycles. The minimum atomic E-state index is 0.488. The van der Waals surface area contributed by atoms with Crippen LogP contribution in [0.3, 0.4) is 0 Å². The second-order valence-electron chi connectivity index (χ2n) is 5.61. The topological polar surface area (TPSA) is 16.1 Å². The predicted molar refractivity (Wildman–Crippen MR) is 86.2 cm³/mol. The van der Waals surface area contributed by atoms with Gasteiger partial charge in [-0.3, -0.25) is 4.90 Å². The molecule has 1 aromatic heterocycles. The van der Waals surface area contributed by atoms with Gasteiger partial charge in [0.25, 0.3) is 0 Å². The van der Waals surface area contributed by atoms with Crippen molar-refractivity contribution in [2.45, 2.75) is 25.8 Å². The van der Waals surface area contributed by atoms with Gasteiger partial charge in [0.2, 0.25) is 0 Å². The summed E-state index contributed by atoms with van der Waals surface area (Å²) in [6.07, 6.45) is 1.32. The second-order valence-corrected chi connectivity index (χ2v) is 6.73. The second kappa shape index (κ2) is 6.25. The lowest BCUT2D eigenvalue weighted by Crippen LogP contribution is -2.19. The van der Waals surface area contributed by atoms with E-state index in [0.29, 0.717) is 5.88 Å². The van der Waals surface area contributed by atoms with Crippen LogP contribution in [0.5, 0.6) is 0 Å². The van der Waals surface area contributed by atoms with E-state index in [9.17, 15) is 0 Å². The molecule has 0 aliphatic carbocycles. The van der Waals surface area contributed by atoms with E-state index in [-0.39, 0.29) is 0 Å². The van der Waals surface area contributed by atoms with Crippen molar-refractivity contribution in [3.63, 3.8) is 0 Å². The molecule has 2 nitrogen and oxygen atoms in total. The van der Waals surface area contributed by atoms with Gasteiger partial charge in [0, 0.05) is 24.0 Å². The lowest BCUT2D eigenvalue weighted by Gasteiger charge is -2.15. The normalized spacial score (nSPS) is 19.6. The maximum absolute atomic E-state index is 5.82. The highest BCUT2D eigenvalue weighted by Gasteiger charge is 2.18. The van der Waals surface area contributed by atoms with Gasteiger partial charge in [-0.2, -0.15) is 0 Å². The molecule has 20 heavy (non-hydrogen) atoms. The van der Waals surface area contributed by atoms with E-state index in [1.54, 1.807) is 11.3 Å². The molecule has 0 radical (unpaired) electrons. The lowest BCUT2D eigenvalue weighted by molar-refractivity contribution is 0.320. The first kappa shape index (κ1) is 14.1. The van der Waals surface area contributed by atoms with Gasteiger partial charge in [-0.1, -0.05) is 25.1 Å². The number of rotatable bonds is 4. The number of thiazole rings is 1. The summed E-state index contributed by atoms with van der Waals surface area (Å²) in [5.41, 5.74) is 3.54. The van der Waals surface area contributed by atoms with Crippen LogP contribution in [0.15, 0.2) is 29.6 Å². The summed E-state index contributed by atoms with van der Waals surface area (Å²) in [7, 11) is 0. The Morgan fingerprint density at radius 1 is 1.45 bits per heavy atom. The molecular weight excluding hydrogens is 288 g/mol. The third-order valence-corrected chi connectivity index (χ3v) is 4.99. The summed E-state index contributed by atoms with van der Waals surface area (Å²) in [6.45, 7) is 5.82. The number of aromatic nitrogens is 1. The van der Waals surface area contributed by atoms with Crippen molar-refractivity contribution in [1.82, 2.24) is 9.88 Å². The van der Waals surface area contributed by atoms with E-state index in [0.717, 1.165) is 23.2 Å². The van der Waals surface area contributed by atoms with Crippen LogP contribution in [0.1, 0.15) is 24.6 Å². The van der Waals surface area contributed by atoms with Crippen LogP contribution in [0.25, 0.3) is 10.6 Å². The molecule has 0 saturated carbocycles. The quantitative estimate of drug-likeness (QED) is 0.779. The van der Waals surface area contributed by atoms with E-state index < -0.39 is 0 Å². The molecule has 1 unspecified atom stereocenters. The number of hydrogen-bond acceptors (Lipinski definition) is 3. The van der Waals surface area contributed by atoms with E-state index in [4.69, 9.17) is 11.6 Å². The summed E-state index contributed by atoms with van der Waals surface area (Å²) in [6, 6.07) is 8.74. The van der Waals surface area contributed by atoms with Gasteiger partial charge < -0.3 is 0 Å². The van der Waals surface area contributed by atoms with Crippen molar-refractivity contribution in [1.29, 1.82) is 0 Å². The highest BCUT2D eigenvalue weighted by Crippen LogP contribution is 2.26. The molecule has 2 heterocycles. The lowest BCUT2D eigenvalue weighted by atomic mass is 10.1. The summed E-state index contributed by atoms with van der Waals surface area (Å²) in [5.74, 6) is 1.32. The van der Waals surface area contributed by atoms with Crippen molar-refractivity contribution in [2.75, 3.05) is 13.1 Å². The largest absolute Gasteiger partial charge is 0.299 e. The highest BCUT2D eigenvalue weighted by molar-refractivity contribution is 7.13. The number of hydrogen-bond donors (Lipinski definition) is 0. The first-order valence-electron chi connectivity index (χ1n) is 7.06. The van der Waals surface area contributed by atoms with Gasteiger partial charge in [0.05, 0.1) is 11.6 Å². The zero-order chi connectivity index (χ0) is 13.9. The average Bonchev–Trinajstić information content (AvgIpc) is 3.08. The summed E-state index contributed by atoms with van der Waals surface area (Å²) in [5, 5.41) is 3.11. The van der Waals surface area contributed by atoms with Crippen LogP contribution in [-0.2, 0) is 12.4 Å². The standard InChI is InChI=1S/C16H19ClN2S/c1-12-5-6-19(9-12)10-13-3-2-4-14(7-13)16-18-15(8-17)11-20-16/h2-4,7,11-12H,5-6,8-10H2,1H3. The van der Waals surface area contributed by atoms with E-state index in [2.05, 4.69) is 41.1 Å². The van der Waals surface area contributed by atoms with Crippen LogP contribution in [0, 0.1) is 5.92 Å². The van der Waals surface area contributed by atoms with Crippen LogP contribution >= 0.6 is 22.9 Å². The molecule has 2 aromatic rings. The molecule has 1 fully saturated rings. The fraction of sp³-hybridized carbons (Fsp3) is 0.438. The number of nitrogens with zero attached hydrogens (tertiary/aromatic N) is 2. The molecule has 0 spiro atoms. The van der Waals surface area contributed by atoms with Crippen molar-refractivity contribution >= 4 is 22.9 Å². The first-order valence-corrected chi connectivity index (χ1v) is 8.48. The SMILES string of the molecule is CC1CCN(Cc2cccc(-c3nc(CCl)cs3)c2)C1. The van der Waals surface area contributed by atoms with Gasteiger partial charge in [-0.05, 0) is 30.5 Å². The van der Waals surface area contributed by atoms with Crippen molar-refractivity contribution in [3.05, 3.63) is 40.9 Å². The Morgan fingerprint density at radius 3 is 3.05 bits per heavy atom. The molecule has 1 atom stereocenters. The summed E-state index contributed by atoms with van der Waals surface area (Å²) in [4.78, 5) is 7.09. The van der Waals surface area contributed by atoms with Gasteiger partial charge >= 0.3 is 0 Å². The smallest absolute Gasteiger partial charge is 0.123 e. The fourth-order valence-electron chi connectivity index (χ4n) is 2.73. The molecule has 1 aliphatic heterocycles. The van der Waals surface area contributed by atoms with Crippen LogP contribution < -0.4 is 0 Å². The zero-order valence-corrected chi connectivity index (χ0v) is 13.3. The molecule has 3 rings (SSSR count). The van der Waals surface area contributed by atoms with E-state index >= 15 is 0 Å². The Morgan fingerprint density at radius 2 is 2.35 bits per heavy atom. The Bertz CT molecular complexity index is 581. The molecule has 0 bridgehead atoms. The molecule has 4 heteroatoms. The predicted octanol–water partition coefficient (Wildman–Crippen LogP) is 4.39.